The van der Waals surface area contributed by atoms with Gasteiger partial charge in [0.1, 0.15) is 0 Å². The largest absolute Gasteiger partial charge is 0.392 e. The van der Waals surface area contributed by atoms with Gasteiger partial charge in [0, 0.05) is 19.1 Å². The average molecular weight is 130 g/mol. The SMILES string of the molecule is CNC[C@H]1C[C@@H](O)CN1. The maximum absolute atomic E-state index is 9.04. The van der Waals surface area contributed by atoms with Crippen molar-refractivity contribution in [3.05, 3.63) is 0 Å². The Morgan fingerprint density at radius 3 is 3.00 bits per heavy atom. The van der Waals surface area contributed by atoms with Crippen molar-refractivity contribution >= 4 is 0 Å². The van der Waals surface area contributed by atoms with E-state index in [1.54, 1.807) is 0 Å². The number of rotatable bonds is 2. The molecule has 0 aromatic carbocycles. The first-order valence-corrected chi connectivity index (χ1v) is 3.39. The maximum atomic E-state index is 9.04. The lowest BCUT2D eigenvalue weighted by molar-refractivity contribution is 0.193. The van der Waals surface area contributed by atoms with Crippen LogP contribution in [0.4, 0.5) is 0 Å². The van der Waals surface area contributed by atoms with Crippen LogP contribution in [0.1, 0.15) is 6.42 Å². The first-order valence-electron chi connectivity index (χ1n) is 3.39. The molecule has 1 saturated heterocycles. The lowest BCUT2D eigenvalue weighted by atomic mass is 10.2. The van der Waals surface area contributed by atoms with E-state index in [1.165, 1.54) is 0 Å². The van der Waals surface area contributed by atoms with Crippen molar-refractivity contribution in [2.24, 2.45) is 0 Å². The van der Waals surface area contributed by atoms with Crippen LogP contribution in [0.2, 0.25) is 0 Å². The molecule has 54 valence electrons. The number of β-amino-alcohol motifs (C(OH)–C–C–N with tert-alkyl or cyclic N) is 1. The quantitative estimate of drug-likeness (QED) is 0.446. The summed E-state index contributed by atoms with van der Waals surface area (Å²) in [5.41, 5.74) is 0. The summed E-state index contributed by atoms with van der Waals surface area (Å²) >= 11 is 0. The highest BCUT2D eigenvalue weighted by Gasteiger charge is 2.20. The van der Waals surface area contributed by atoms with Crippen molar-refractivity contribution < 1.29 is 5.11 Å². The van der Waals surface area contributed by atoms with Gasteiger partial charge >= 0.3 is 0 Å². The second-order valence-corrected chi connectivity index (χ2v) is 2.55. The Morgan fingerprint density at radius 2 is 2.56 bits per heavy atom. The molecule has 0 amide bonds. The normalized spacial score (nSPS) is 35.3. The minimum atomic E-state index is -0.122. The van der Waals surface area contributed by atoms with Crippen LogP contribution in [0.5, 0.6) is 0 Å². The fourth-order valence-electron chi connectivity index (χ4n) is 1.20. The lowest BCUT2D eigenvalue weighted by Crippen LogP contribution is -2.31. The van der Waals surface area contributed by atoms with E-state index in [4.69, 9.17) is 5.11 Å². The summed E-state index contributed by atoms with van der Waals surface area (Å²) in [4.78, 5) is 0. The predicted molar refractivity (Wildman–Crippen MR) is 36.3 cm³/mol. The molecule has 0 aliphatic carbocycles. The van der Waals surface area contributed by atoms with Gasteiger partial charge in [-0.1, -0.05) is 0 Å². The van der Waals surface area contributed by atoms with Gasteiger partial charge < -0.3 is 15.7 Å². The van der Waals surface area contributed by atoms with Gasteiger partial charge in [0.25, 0.3) is 0 Å². The van der Waals surface area contributed by atoms with Gasteiger partial charge in [-0.3, -0.25) is 0 Å². The Bertz CT molecular complexity index is 85.1. The molecule has 3 heteroatoms. The van der Waals surface area contributed by atoms with Gasteiger partial charge in [-0.2, -0.15) is 0 Å². The number of nitrogens with one attached hydrogen (secondary N) is 2. The van der Waals surface area contributed by atoms with Crippen LogP contribution >= 0.6 is 0 Å². The molecule has 0 saturated carbocycles. The van der Waals surface area contributed by atoms with Crippen LogP contribution in [0.15, 0.2) is 0 Å². The zero-order valence-corrected chi connectivity index (χ0v) is 5.72. The number of aliphatic hydroxyl groups is 1. The summed E-state index contributed by atoms with van der Waals surface area (Å²) in [6, 6.07) is 0.477. The summed E-state index contributed by atoms with van der Waals surface area (Å²) in [5.74, 6) is 0. The highest BCUT2D eigenvalue weighted by molar-refractivity contribution is 4.81. The molecule has 1 aliphatic rings. The Balaban J connectivity index is 2.14. The number of hydrogen-bond donors (Lipinski definition) is 3. The van der Waals surface area contributed by atoms with E-state index < -0.39 is 0 Å². The molecule has 3 nitrogen and oxygen atoms in total. The molecular formula is C6H14N2O. The summed E-state index contributed by atoms with van der Waals surface area (Å²) in [7, 11) is 1.92. The molecular weight excluding hydrogens is 116 g/mol. The zero-order valence-electron chi connectivity index (χ0n) is 5.72. The van der Waals surface area contributed by atoms with Crippen molar-refractivity contribution in [1.82, 2.24) is 10.6 Å². The van der Waals surface area contributed by atoms with Crippen LogP contribution in [0.3, 0.4) is 0 Å². The van der Waals surface area contributed by atoms with E-state index in [2.05, 4.69) is 10.6 Å². The van der Waals surface area contributed by atoms with Crippen LogP contribution in [0.25, 0.3) is 0 Å². The van der Waals surface area contributed by atoms with E-state index in [-0.39, 0.29) is 6.10 Å². The van der Waals surface area contributed by atoms with Gasteiger partial charge in [-0.15, -0.1) is 0 Å². The molecule has 0 radical (unpaired) electrons. The first kappa shape index (κ1) is 6.99. The first-order chi connectivity index (χ1) is 4.33. The standard InChI is InChI=1S/C6H14N2O/c1-7-3-5-2-6(9)4-8-5/h5-9H,2-4H2,1H3/t5-,6-/m1/s1. The summed E-state index contributed by atoms with van der Waals surface area (Å²) in [6.45, 7) is 1.71. The number of aliphatic hydroxyl groups excluding tert-OH is 1. The summed E-state index contributed by atoms with van der Waals surface area (Å²) in [5, 5.41) is 15.3. The molecule has 2 atom stereocenters. The second-order valence-electron chi connectivity index (χ2n) is 2.55. The summed E-state index contributed by atoms with van der Waals surface area (Å²) in [6.07, 6.45) is 0.768. The molecule has 1 rings (SSSR count). The summed E-state index contributed by atoms with van der Waals surface area (Å²) < 4.78 is 0. The van der Waals surface area contributed by atoms with Crippen molar-refractivity contribution in [3.8, 4) is 0 Å². The Kier molecular flexibility index (Phi) is 2.45. The van der Waals surface area contributed by atoms with Crippen molar-refractivity contribution in [3.63, 3.8) is 0 Å². The third-order valence-corrected chi connectivity index (χ3v) is 1.65. The van der Waals surface area contributed by atoms with Gasteiger partial charge in [0.05, 0.1) is 6.10 Å². The predicted octanol–water partition coefficient (Wildman–Crippen LogP) is -1.07. The molecule has 0 spiro atoms. The molecule has 0 aromatic rings. The van der Waals surface area contributed by atoms with Gasteiger partial charge in [-0.25, -0.2) is 0 Å². The fourth-order valence-corrected chi connectivity index (χ4v) is 1.20. The second kappa shape index (κ2) is 3.15. The highest BCUT2D eigenvalue weighted by atomic mass is 16.3. The molecule has 1 heterocycles. The van der Waals surface area contributed by atoms with Crippen molar-refractivity contribution in [2.45, 2.75) is 18.6 Å². The molecule has 0 bridgehead atoms. The monoisotopic (exact) mass is 130 g/mol. The molecule has 0 unspecified atom stereocenters. The van der Waals surface area contributed by atoms with Gasteiger partial charge in [0.2, 0.25) is 0 Å². The minimum Gasteiger partial charge on any atom is -0.392 e. The molecule has 1 fully saturated rings. The average Bonchev–Trinajstić information content (AvgIpc) is 2.17. The van der Waals surface area contributed by atoms with Gasteiger partial charge in [0.15, 0.2) is 0 Å². The van der Waals surface area contributed by atoms with Crippen LogP contribution in [0, 0.1) is 0 Å². The fraction of sp³-hybridized carbons (Fsp3) is 1.00. The van der Waals surface area contributed by atoms with E-state index in [9.17, 15) is 0 Å². The third-order valence-electron chi connectivity index (χ3n) is 1.65. The Hall–Kier alpha value is -0.120. The number of likely N-dealkylation sites (N-methyl/N-ethyl adjacent to an activating group) is 1. The topological polar surface area (TPSA) is 44.3 Å². The lowest BCUT2D eigenvalue weighted by Gasteiger charge is -2.06. The van der Waals surface area contributed by atoms with E-state index in [0.29, 0.717) is 6.04 Å². The zero-order chi connectivity index (χ0) is 6.69. The van der Waals surface area contributed by atoms with Crippen molar-refractivity contribution in [1.29, 1.82) is 0 Å². The number of hydrogen-bond acceptors (Lipinski definition) is 3. The third kappa shape index (κ3) is 1.93. The van der Waals surface area contributed by atoms with Crippen LogP contribution < -0.4 is 10.6 Å². The smallest absolute Gasteiger partial charge is 0.0680 e. The Morgan fingerprint density at radius 1 is 1.78 bits per heavy atom. The van der Waals surface area contributed by atoms with E-state index in [1.807, 2.05) is 7.05 Å². The van der Waals surface area contributed by atoms with E-state index in [0.717, 1.165) is 19.5 Å². The highest BCUT2D eigenvalue weighted by Crippen LogP contribution is 2.03. The van der Waals surface area contributed by atoms with Crippen LogP contribution in [-0.2, 0) is 0 Å². The van der Waals surface area contributed by atoms with E-state index >= 15 is 0 Å². The molecule has 9 heavy (non-hydrogen) atoms. The molecule has 1 aliphatic heterocycles. The molecule has 3 N–H and O–H groups in total. The molecule has 0 aromatic heterocycles. The Labute approximate surface area is 55.5 Å². The minimum absolute atomic E-state index is 0.122. The van der Waals surface area contributed by atoms with Crippen LogP contribution in [-0.4, -0.2) is 37.4 Å². The van der Waals surface area contributed by atoms with Crippen molar-refractivity contribution in [2.75, 3.05) is 20.1 Å². The maximum Gasteiger partial charge on any atom is 0.0680 e. The van der Waals surface area contributed by atoms with Gasteiger partial charge in [-0.05, 0) is 13.5 Å².